The summed E-state index contributed by atoms with van der Waals surface area (Å²) < 4.78 is 78.9. The van der Waals surface area contributed by atoms with Gasteiger partial charge < -0.3 is 34.2 Å². The average molecular weight is 819 g/mol. The lowest BCUT2D eigenvalue weighted by Gasteiger charge is -2.25. The van der Waals surface area contributed by atoms with Crippen LogP contribution in [-0.4, -0.2) is 81.8 Å². The number of carbonyl (C=O) groups excluding carboxylic acids is 3. The molecule has 0 radical (unpaired) electrons. The summed E-state index contributed by atoms with van der Waals surface area (Å²) >= 11 is 0. The van der Waals surface area contributed by atoms with Gasteiger partial charge in [-0.05, 0) is 68.7 Å². The molecular weight excluding hydrogens is 772 g/mol. The number of esters is 1. The molecule has 1 aliphatic carbocycles. The maximum atomic E-state index is 14.7. The molecular formula is C44H46F4N4O7. The predicted octanol–water partition coefficient (Wildman–Crippen LogP) is 7.50. The zero-order chi connectivity index (χ0) is 42.6. The summed E-state index contributed by atoms with van der Waals surface area (Å²) in [6, 6.07) is 14.7. The Morgan fingerprint density at radius 1 is 0.864 bits per heavy atom. The number of ether oxygens (including phenoxy) is 3. The second kappa shape index (κ2) is 20.6. The van der Waals surface area contributed by atoms with Gasteiger partial charge in [0.05, 0.1) is 38.2 Å². The number of carbonyl (C=O) groups is 3. The van der Waals surface area contributed by atoms with Gasteiger partial charge in [0.15, 0.2) is 11.6 Å². The Kier molecular flexibility index (Phi) is 15.4. The van der Waals surface area contributed by atoms with Gasteiger partial charge in [-0.2, -0.15) is 8.78 Å². The fraction of sp³-hybridized carbons (Fsp3) is 0.318. The molecule has 2 aliphatic rings. The van der Waals surface area contributed by atoms with Crippen molar-refractivity contribution >= 4 is 34.4 Å². The fourth-order valence-corrected chi connectivity index (χ4v) is 6.42. The Morgan fingerprint density at radius 3 is 2.27 bits per heavy atom. The standard InChI is InChI=1S/C44H46F4N4O7/c1-6-38(53)51-14-17-56-19-20-57-18-16-52(15-13-39(54)59-43-41(47)32(45)23-33(46)42(43)48)44(55)29-12-10-9-11-28(29)40-30-21-26(4)34(49-7-2)24-36(30)58-37-25-35(50-8-3)27(5)22-31(37)40/h6,9-12,21-25,49H,1,7-8,13-20H2,2-5H3,(H,51,53)/b50-35-. The van der Waals surface area contributed by atoms with Gasteiger partial charge in [0.2, 0.25) is 23.3 Å². The first-order chi connectivity index (χ1) is 28.4. The van der Waals surface area contributed by atoms with Gasteiger partial charge in [0.25, 0.3) is 5.91 Å². The molecule has 3 aromatic rings. The maximum Gasteiger partial charge on any atom is 0.313 e. The van der Waals surface area contributed by atoms with Gasteiger partial charge in [-0.15, -0.1) is 0 Å². The summed E-state index contributed by atoms with van der Waals surface area (Å²) in [7, 11) is 0. The molecule has 0 fully saturated rings. The lowest BCUT2D eigenvalue weighted by atomic mass is 9.89. The molecule has 0 aromatic heterocycles. The molecule has 0 spiro atoms. The van der Waals surface area contributed by atoms with E-state index < -0.39 is 47.3 Å². The van der Waals surface area contributed by atoms with Crippen molar-refractivity contribution in [3.05, 3.63) is 113 Å². The van der Waals surface area contributed by atoms with Gasteiger partial charge in [-0.25, -0.2) is 8.78 Å². The van der Waals surface area contributed by atoms with Crippen LogP contribution >= 0.6 is 0 Å². The van der Waals surface area contributed by atoms with Gasteiger partial charge in [0, 0.05) is 78.7 Å². The molecule has 312 valence electrons. The van der Waals surface area contributed by atoms with Crippen molar-refractivity contribution in [1.82, 2.24) is 10.2 Å². The molecule has 3 aromatic carbocycles. The van der Waals surface area contributed by atoms with Crippen LogP contribution in [-0.2, 0) is 19.1 Å². The zero-order valence-electron chi connectivity index (χ0n) is 33.3. The average Bonchev–Trinajstić information content (AvgIpc) is 3.22. The van der Waals surface area contributed by atoms with Crippen molar-refractivity contribution in [2.75, 3.05) is 64.5 Å². The smallest absolute Gasteiger partial charge is 0.313 e. The Hall–Kier alpha value is -6.06. The van der Waals surface area contributed by atoms with Crippen molar-refractivity contribution in [1.29, 1.82) is 0 Å². The number of nitrogens with one attached hydrogen (secondary N) is 2. The van der Waals surface area contributed by atoms with Crippen molar-refractivity contribution in [3.8, 4) is 28.2 Å². The van der Waals surface area contributed by atoms with E-state index in [2.05, 4.69) is 22.2 Å². The largest absolute Gasteiger partial charge is 0.456 e. The third-order valence-electron chi connectivity index (χ3n) is 9.27. The van der Waals surface area contributed by atoms with Crippen molar-refractivity contribution < 1.29 is 50.6 Å². The highest BCUT2D eigenvalue weighted by molar-refractivity contribution is 6.09. The highest BCUT2D eigenvalue weighted by Crippen LogP contribution is 2.43. The minimum Gasteiger partial charge on any atom is -0.456 e. The summed E-state index contributed by atoms with van der Waals surface area (Å²) in [6.07, 6.45) is 0.546. The maximum absolute atomic E-state index is 14.7. The lowest BCUT2D eigenvalue weighted by Crippen LogP contribution is -2.36. The molecule has 0 atom stereocenters. The second-order valence-electron chi connectivity index (χ2n) is 13.4. The second-order valence-corrected chi connectivity index (χ2v) is 13.4. The van der Waals surface area contributed by atoms with Crippen LogP contribution in [0.5, 0.6) is 5.75 Å². The number of anilines is 1. The fourth-order valence-electron chi connectivity index (χ4n) is 6.42. The normalized spacial score (nSPS) is 11.6. The topological polar surface area (TPSA) is 132 Å². The quantitative estimate of drug-likeness (QED) is 0.0167. The summed E-state index contributed by atoms with van der Waals surface area (Å²) in [4.78, 5) is 44.9. The molecule has 11 nitrogen and oxygen atoms in total. The molecule has 59 heavy (non-hydrogen) atoms. The van der Waals surface area contributed by atoms with Crippen LogP contribution in [0.3, 0.4) is 0 Å². The van der Waals surface area contributed by atoms with Crippen LogP contribution in [0.15, 0.2) is 76.7 Å². The first kappa shape index (κ1) is 44.1. The summed E-state index contributed by atoms with van der Waals surface area (Å²) in [6.45, 7) is 12.9. The first-order valence-electron chi connectivity index (χ1n) is 19.1. The first-order valence-corrected chi connectivity index (χ1v) is 19.1. The summed E-state index contributed by atoms with van der Waals surface area (Å²) in [5.41, 5.74) is 5.56. The third kappa shape index (κ3) is 10.7. The Balaban J connectivity index is 1.49. The molecule has 0 unspecified atom stereocenters. The van der Waals surface area contributed by atoms with Crippen LogP contribution in [0.1, 0.15) is 41.8 Å². The van der Waals surface area contributed by atoms with Gasteiger partial charge >= 0.3 is 5.97 Å². The molecule has 0 saturated heterocycles. The molecule has 15 heteroatoms. The third-order valence-corrected chi connectivity index (χ3v) is 9.27. The van der Waals surface area contributed by atoms with E-state index in [0.29, 0.717) is 30.0 Å². The van der Waals surface area contributed by atoms with Crippen molar-refractivity contribution in [3.63, 3.8) is 0 Å². The zero-order valence-corrected chi connectivity index (χ0v) is 33.3. The van der Waals surface area contributed by atoms with Crippen molar-refractivity contribution in [2.24, 2.45) is 4.99 Å². The molecule has 1 heterocycles. The van der Waals surface area contributed by atoms with Crippen LogP contribution in [0, 0.1) is 37.1 Å². The molecule has 2 N–H and O–H groups in total. The highest BCUT2D eigenvalue weighted by Gasteiger charge is 2.27. The number of amides is 2. The number of rotatable bonds is 19. The van der Waals surface area contributed by atoms with E-state index >= 15 is 0 Å². The number of halogens is 4. The van der Waals surface area contributed by atoms with Gasteiger partial charge in [-0.1, -0.05) is 24.8 Å². The predicted molar refractivity (Wildman–Crippen MR) is 215 cm³/mol. The minimum atomic E-state index is -1.87. The number of hydrogen-bond acceptors (Lipinski definition) is 9. The van der Waals surface area contributed by atoms with Gasteiger partial charge in [0.1, 0.15) is 11.3 Å². The number of nitrogens with zero attached hydrogens (tertiary/aromatic N) is 2. The number of hydrogen-bond donors (Lipinski definition) is 2. The highest BCUT2D eigenvalue weighted by atomic mass is 19.2. The van der Waals surface area contributed by atoms with Gasteiger partial charge in [-0.3, -0.25) is 19.4 Å². The Bertz CT molecular complexity index is 2360. The number of aryl methyl sites for hydroxylation is 2. The Morgan fingerprint density at radius 2 is 1.58 bits per heavy atom. The van der Waals surface area contributed by atoms with Crippen LogP contribution < -0.4 is 20.7 Å². The van der Waals surface area contributed by atoms with E-state index in [9.17, 15) is 31.9 Å². The van der Waals surface area contributed by atoms with Crippen LogP contribution in [0.25, 0.3) is 33.4 Å². The number of fused-ring (bicyclic) bond motifs is 2. The molecule has 0 bridgehead atoms. The molecule has 0 saturated carbocycles. The Labute approximate surface area is 339 Å². The van der Waals surface area contributed by atoms with Crippen LogP contribution in [0.2, 0.25) is 0 Å². The SMILES string of the molecule is C=CC(=O)NCCOCCOCCN(CCC(=O)Oc1c(F)c(F)cc(F)c1F)C(=O)c1ccccc1-c1c2cc(C)/c(=N\CC)cc-2oc2cc(NCC)c(C)cc12. The van der Waals surface area contributed by atoms with E-state index in [1.54, 1.807) is 18.2 Å². The monoisotopic (exact) mass is 818 g/mol. The lowest BCUT2D eigenvalue weighted by molar-refractivity contribution is -0.135. The van der Waals surface area contributed by atoms with E-state index in [1.165, 1.54) is 4.90 Å². The minimum absolute atomic E-state index is 0.00194. The van der Waals surface area contributed by atoms with E-state index in [-0.39, 0.29) is 63.6 Å². The van der Waals surface area contributed by atoms with Crippen molar-refractivity contribution in [2.45, 2.75) is 34.1 Å². The van der Waals surface area contributed by atoms with E-state index in [4.69, 9.17) is 18.6 Å². The number of benzene rings is 4. The molecule has 1 aliphatic heterocycles. The van der Waals surface area contributed by atoms with E-state index in [1.807, 2.05) is 58.0 Å². The van der Waals surface area contributed by atoms with Crippen LogP contribution in [0.4, 0.5) is 23.2 Å². The molecule has 5 rings (SSSR count). The van der Waals surface area contributed by atoms with E-state index in [0.717, 1.165) is 44.8 Å². The molecule has 2 amide bonds. The summed E-state index contributed by atoms with van der Waals surface area (Å²) in [5.74, 6) is -10.3. The summed E-state index contributed by atoms with van der Waals surface area (Å²) in [5, 5.41) is 7.46.